The minimum Gasteiger partial charge on any atom is -0.327 e. The van der Waals surface area contributed by atoms with Crippen LogP contribution in [0, 0.1) is 5.92 Å². The van der Waals surface area contributed by atoms with Crippen LogP contribution < -0.4 is 5.73 Å². The van der Waals surface area contributed by atoms with Crippen LogP contribution in [0.25, 0.3) is 0 Å². The molecule has 0 spiro atoms. The Kier molecular flexibility index (Phi) is 6.43. The summed E-state index contributed by atoms with van der Waals surface area (Å²) in [4.78, 5) is 0. The zero-order valence-corrected chi connectivity index (χ0v) is 13.7. The van der Waals surface area contributed by atoms with Gasteiger partial charge in [0.05, 0.1) is 11.7 Å². The lowest BCUT2D eigenvalue weighted by atomic mass is 9.96. The molecule has 1 unspecified atom stereocenters. The monoisotopic (exact) mass is 295 g/mol. The topological polar surface area (TPSA) is 43.8 Å². The minimum atomic E-state index is 0.230. The number of thioether (sulfide) groups is 1. The summed E-state index contributed by atoms with van der Waals surface area (Å²) in [5.41, 5.74) is 7.37. The van der Waals surface area contributed by atoms with Gasteiger partial charge in [-0.15, -0.1) is 0 Å². The van der Waals surface area contributed by atoms with Crippen molar-refractivity contribution in [3.63, 3.8) is 0 Å². The number of hydrogen-bond donors (Lipinski definition) is 1. The molecule has 0 aromatic carbocycles. The summed E-state index contributed by atoms with van der Waals surface area (Å²) in [6.07, 6.45) is 9.73. The molecule has 4 heteroatoms. The van der Waals surface area contributed by atoms with Gasteiger partial charge in [-0.05, 0) is 30.6 Å². The first-order chi connectivity index (χ1) is 9.65. The highest BCUT2D eigenvalue weighted by Gasteiger charge is 2.16. The molecule has 1 saturated carbocycles. The van der Waals surface area contributed by atoms with E-state index in [2.05, 4.69) is 30.8 Å². The van der Waals surface area contributed by atoms with Crippen LogP contribution in [0.3, 0.4) is 0 Å². The van der Waals surface area contributed by atoms with Gasteiger partial charge in [0.2, 0.25) is 0 Å². The van der Waals surface area contributed by atoms with E-state index in [9.17, 15) is 0 Å². The zero-order valence-electron chi connectivity index (χ0n) is 12.9. The summed E-state index contributed by atoms with van der Waals surface area (Å²) < 4.78 is 2.18. The molecule has 0 aliphatic heterocycles. The highest BCUT2D eigenvalue weighted by Crippen LogP contribution is 2.27. The summed E-state index contributed by atoms with van der Waals surface area (Å²) in [5, 5.41) is 4.74. The van der Waals surface area contributed by atoms with E-state index in [1.807, 2.05) is 11.8 Å². The van der Waals surface area contributed by atoms with E-state index in [-0.39, 0.29) is 6.04 Å². The number of hydrogen-bond acceptors (Lipinski definition) is 3. The highest BCUT2D eigenvalue weighted by molar-refractivity contribution is 7.99. The summed E-state index contributed by atoms with van der Waals surface area (Å²) in [6.45, 7) is 4.51. The number of rotatable bonds is 7. The van der Waals surface area contributed by atoms with Crippen molar-refractivity contribution >= 4 is 11.8 Å². The Bertz CT molecular complexity index is 383. The molecule has 3 nitrogen and oxygen atoms in total. The van der Waals surface area contributed by atoms with Gasteiger partial charge in [-0.1, -0.05) is 33.1 Å². The average Bonchev–Trinajstić information content (AvgIpc) is 2.88. The predicted molar refractivity (Wildman–Crippen MR) is 88.2 cm³/mol. The van der Waals surface area contributed by atoms with Gasteiger partial charge in [0, 0.05) is 24.4 Å². The number of aromatic nitrogens is 2. The molecule has 1 atom stereocenters. The second kappa shape index (κ2) is 8.08. The molecule has 1 heterocycles. The Labute approximate surface area is 127 Å². The first-order valence-electron chi connectivity index (χ1n) is 8.02. The summed E-state index contributed by atoms with van der Waals surface area (Å²) in [7, 11) is 0. The largest absolute Gasteiger partial charge is 0.327 e. The molecule has 1 aromatic rings. The van der Waals surface area contributed by atoms with E-state index in [4.69, 9.17) is 10.8 Å². The summed E-state index contributed by atoms with van der Waals surface area (Å²) >= 11 is 1.96. The second-order valence-corrected chi connectivity index (χ2v) is 7.55. The standard InChI is InChI=1S/C16H29N3S/c1-13(2)11-20-12-14(17)10-15-8-9-19(18-15)16-6-4-3-5-7-16/h8-9,13-14,16H,3-7,10-12,17H2,1-2H3. The van der Waals surface area contributed by atoms with Gasteiger partial charge in [-0.3, -0.25) is 4.68 Å². The van der Waals surface area contributed by atoms with E-state index in [1.165, 1.54) is 37.9 Å². The Morgan fingerprint density at radius 1 is 1.30 bits per heavy atom. The van der Waals surface area contributed by atoms with E-state index in [0.717, 1.165) is 23.8 Å². The van der Waals surface area contributed by atoms with Crippen molar-refractivity contribution in [2.75, 3.05) is 11.5 Å². The van der Waals surface area contributed by atoms with Crippen molar-refractivity contribution in [1.29, 1.82) is 0 Å². The third-order valence-corrected chi connectivity index (χ3v) is 5.43. The van der Waals surface area contributed by atoms with Crippen LogP contribution >= 0.6 is 11.8 Å². The number of nitrogens with two attached hydrogens (primary N) is 1. The van der Waals surface area contributed by atoms with Gasteiger partial charge in [0.15, 0.2) is 0 Å². The smallest absolute Gasteiger partial charge is 0.0640 e. The van der Waals surface area contributed by atoms with Crippen LogP contribution in [-0.2, 0) is 6.42 Å². The van der Waals surface area contributed by atoms with Crippen molar-refractivity contribution in [3.8, 4) is 0 Å². The van der Waals surface area contributed by atoms with Crippen LogP contribution in [0.4, 0.5) is 0 Å². The third-order valence-electron chi connectivity index (χ3n) is 3.87. The van der Waals surface area contributed by atoms with Crippen molar-refractivity contribution in [3.05, 3.63) is 18.0 Å². The van der Waals surface area contributed by atoms with Crippen LogP contribution in [-0.4, -0.2) is 27.3 Å². The van der Waals surface area contributed by atoms with Gasteiger partial charge in [0.1, 0.15) is 0 Å². The Morgan fingerprint density at radius 2 is 2.05 bits per heavy atom. The Balaban J connectivity index is 1.76. The molecule has 1 aliphatic rings. The quantitative estimate of drug-likeness (QED) is 0.835. The zero-order chi connectivity index (χ0) is 14.4. The third kappa shape index (κ3) is 5.13. The molecule has 1 fully saturated rings. The van der Waals surface area contributed by atoms with Crippen molar-refractivity contribution in [1.82, 2.24) is 9.78 Å². The Morgan fingerprint density at radius 3 is 2.75 bits per heavy atom. The van der Waals surface area contributed by atoms with Gasteiger partial charge < -0.3 is 5.73 Å². The van der Waals surface area contributed by atoms with Crippen LogP contribution in [0.1, 0.15) is 57.7 Å². The molecule has 0 radical (unpaired) electrons. The van der Waals surface area contributed by atoms with Gasteiger partial charge >= 0.3 is 0 Å². The van der Waals surface area contributed by atoms with Gasteiger partial charge in [0.25, 0.3) is 0 Å². The van der Waals surface area contributed by atoms with Crippen molar-refractivity contribution in [2.24, 2.45) is 11.7 Å². The highest BCUT2D eigenvalue weighted by atomic mass is 32.2. The molecule has 2 N–H and O–H groups in total. The lowest BCUT2D eigenvalue weighted by Gasteiger charge is -2.21. The van der Waals surface area contributed by atoms with Crippen LogP contribution in [0.5, 0.6) is 0 Å². The molecule has 0 bridgehead atoms. The molecule has 1 aliphatic carbocycles. The minimum absolute atomic E-state index is 0.230. The predicted octanol–water partition coefficient (Wildman–Crippen LogP) is 3.65. The first kappa shape index (κ1) is 15.9. The maximum Gasteiger partial charge on any atom is 0.0640 e. The van der Waals surface area contributed by atoms with Crippen molar-refractivity contribution < 1.29 is 0 Å². The van der Waals surface area contributed by atoms with E-state index in [0.29, 0.717) is 6.04 Å². The lowest BCUT2D eigenvalue weighted by Crippen LogP contribution is -2.26. The lowest BCUT2D eigenvalue weighted by molar-refractivity contribution is 0.328. The van der Waals surface area contributed by atoms with Crippen molar-refractivity contribution in [2.45, 2.75) is 64.5 Å². The summed E-state index contributed by atoms with van der Waals surface area (Å²) in [6, 6.07) is 3.01. The normalized spacial score (nSPS) is 18.6. The molecule has 114 valence electrons. The van der Waals surface area contributed by atoms with Gasteiger partial charge in [-0.25, -0.2) is 0 Å². The van der Waals surface area contributed by atoms with E-state index in [1.54, 1.807) is 0 Å². The SMILES string of the molecule is CC(C)CSCC(N)Cc1ccn(C2CCCCC2)n1. The van der Waals surface area contributed by atoms with Crippen LogP contribution in [0.2, 0.25) is 0 Å². The summed E-state index contributed by atoms with van der Waals surface area (Å²) in [5.74, 6) is 2.98. The molecule has 0 saturated heterocycles. The first-order valence-corrected chi connectivity index (χ1v) is 9.18. The maximum atomic E-state index is 6.21. The molecular weight excluding hydrogens is 266 g/mol. The molecule has 20 heavy (non-hydrogen) atoms. The maximum absolute atomic E-state index is 6.21. The Hall–Kier alpha value is -0.480. The molecular formula is C16H29N3S. The van der Waals surface area contributed by atoms with Crippen LogP contribution in [0.15, 0.2) is 12.3 Å². The van der Waals surface area contributed by atoms with E-state index < -0.39 is 0 Å². The van der Waals surface area contributed by atoms with E-state index >= 15 is 0 Å². The number of nitrogens with zero attached hydrogens (tertiary/aromatic N) is 2. The second-order valence-electron chi connectivity index (χ2n) is 6.47. The molecule has 1 aromatic heterocycles. The fourth-order valence-corrected chi connectivity index (χ4v) is 3.85. The molecule has 0 amide bonds. The fourth-order valence-electron chi connectivity index (χ4n) is 2.82. The van der Waals surface area contributed by atoms with Gasteiger partial charge in [-0.2, -0.15) is 16.9 Å². The molecule has 2 rings (SSSR count). The fraction of sp³-hybridized carbons (Fsp3) is 0.812. The average molecular weight is 295 g/mol.